The van der Waals surface area contributed by atoms with Crippen LogP contribution in [0, 0.1) is 9.39 Å². The van der Waals surface area contributed by atoms with Gasteiger partial charge in [-0.2, -0.15) is 0 Å². The summed E-state index contributed by atoms with van der Waals surface area (Å²) >= 11 is 1.59. The average Bonchev–Trinajstić information content (AvgIpc) is 2.41. The number of hydrogen-bond acceptors (Lipinski definition) is 5. The van der Waals surface area contributed by atoms with Crippen LogP contribution in [-0.4, -0.2) is 23.4 Å². The SMILES string of the molecule is COc1c(OC(F)(F)F)c(I)c2nc(C(C)(C)C)nc(N)c2c1F. The lowest BCUT2D eigenvalue weighted by molar-refractivity contribution is -0.275. The van der Waals surface area contributed by atoms with E-state index in [-0.39, 0.29) is 26.1 Å². The second-order valence-corrected chi connectivity index (χ2v) is 7.02. The number of anilines is 1. The molecule has 0 unspecified atom stereocenters. The first kappa shape index (κ1) is 18.7. The Bertz CT molecular complexity index is 804. The second-order valence-electron chi connectivity index (χ2n) is 5.94. The molecule has 1 aromatic heterocycles. The number of rotatable bonds is 2. The molecule has 1 heterocycles. The van der Waals surface area contributed by atoms with Gasteiger partial charge < -0.3 is 15.2 Å². The van der Waals surface area contributed by atoms with Crippen molar-refractivity contribution in [2.45, 2.75) is 32.5 Å². The fourth-order valence-electron chi connectivity index (χ4n) is 2.00. The zero-order valence-corrected chi connectivity index (χ0v) is 15.3. The third-order valence-corrected chi connectivity index (χ3v) is 4.06. The number of methoxy groups -OCH3 is 1. The Balaban J connectivity index is 2.91. The van der Waals surface area contributed by atoms with Crippen molar-refractivity contribution in [1.82, 2.24) is 9.97 Å². The molecule has 5 nitrogen and oxygen atoms in total. The fraction of sp³-hybridized carbons (Fsp3) is 0.429. The van der Waals surface area contributed by atoms with Gasteiger partial charge in [0.15, 0.2) is 17.3 Å². The highest BCUT2D eigenvalue weighted by Crippen LogP contribution is 2.44. The lowest BCUT2D eigenvalue weighted by Crippen LogP contribution is -2.20. The molecule has 10 heteroatoms. The summed E-state index contributed by atoms with van der Waals surface area (Å²) in [7, 11) is 1.03. The number of benzene rings is 1. The largest absolute Gasteiger partial charge is 0.573 e. The van der Waals surface area contributed by atoms with Gasteiger partial charge in [-0.15, -0.1) is 13.2 Å². The maximum atomic E-state index is 14.6. The van der Waals surface area contributed by atoms with E-state index < -0.39 is 29.1 Å². The second kappa shape index (κ2) is 6.05. The third-order valence-electron chi connectivity index (χ3n) is 3.06. The van der Waals surface area contributed by atoms with Crippen molar-refractivity contribution in [2.24, 2.45) is 0 Å². The monoisotopic (exact) mass is 459 g/mol. The van der Waals surface area contributed by atoms with Gasteiger partial charge in [0, 0.05) is 5.41 Å². The Morgan fingerprint density at radius 1 is 1.08 bits per heavy atom. The van der Waals surface area contributed by atoms with E-state index in [1.165, 1.54) is 0 Å². The molecule has 2 rings (SSSR count). The molecule has 0 aliphatic heterocycles. The highest BCUT2D eigenvalue weighted by atomic mass is 127. The van der Waals surface area contributed by atoms with Crippen LogP contribution in [0.25, 0.3) is 10.9 Å². The molecule has 0 amide bonds. The van der Waals surface area contributed by atoms with Crippen molar-refractivity contribution in [2.75, 3.05) is 12.8 Å². The topological polar surface area (TPSA) is 70.3 Å². The number of aromatic nitrogens is 2. The predicted octanol–water partition coefficient (Wildman–Crippen LogP) is 4.16. The predicted molar refractivity (Wildman–Crippen MR) is 88.6 cm³/mol. The van der Waals surface area contributed by atoms with Gasteiger partial charge in [0.2, 0.25) is 0 Å². The molecule has 0 spiro atoms. The highest BCUT2D eigenvalue weighted by molar-refractivity contribution is 14.1. The molecule has 24 heavy (non-hydrogen) atoms. The molecule has 1 aromatic carbocycles. The first-order valence-corrected chi connectivity index (χ1v) is 7.73. The van der Waals surface area contributed by atoms with Crippen LogP contribution in [0.1, 0.15) is 26.6 Å². The summed E-state index contributed by atoms with van der Waals surface area (Å²) < 4.78 is 61.2. The van der Waals surface area contributed by atoms with Crippen LogP contribution in [0.3, 0.4) is 0 Å². The molecule has 0 atom stereocenters. The van der Waals surface area contributed by atoms with E-state index in [4.69, 9.17) is 10.5 Å². The van der Waals surface area contributed by atoms with Crippen LogP contribution in [0.4, 0.5) is 23.4 Å². The van der Waals surface area contributed by atoms with E-state index in [0.717, 1.165) is 7.11 Å². The van der Waals surface area contributed by atoms with Crippen molar-refractivity contribution in [3.8, 4) is 11.5 Å². The van der Waals surface area contributed by atoms with Crippen molar-refractivity contribution < 1.29 is 27.0 Å². The lowest BCUT2D eigenvalue weighted by Gasteiger charge is -2.20. The van der Waals surface area contributed by atoms with E-state index >= 15 is 0 Å². The minimum absolute atomic E-state index is 0.0643. The number of alkyl halides is 3. The minimum atomic E-state index is -5.02. The van der Waals surface area contributed by atoms with E-state index in [1.54, 1.807) is 43.4 Å². The van der Waals surface area contributed by atoms with E-state index in [0.29, 0.717) is 0 Å². The van der Waals surface area contributed by atoms with Crippen LogP contribution in [0.2, 0.25) is 0 Å². The standard InChI is InChI=1S/C14H14F4IN3O2/c1-13(2,3)12-21-8-5(11(20)22-12)6(15)9(23-4)10(7(8)19)24-14(16,17)18/h1-4H3,(H2,20,21,22). The van der Waals surface area contributed by atoms with Crippen LogP contribution < -0.4 is 15.2 Å². The van der Waals surface area contributed by atoms with Crippen LogP contribution >= 0.6 is 22.6 Å². The van der Waals surface area contributed by atoms with Gasteiger partial charge in [0.1, 0.15) is 11.6 Å². The summed E-state index contributed by atoms with van der Waals surface area (Å²) in [6.45, 7) is 5.40. The van der Waals surface area contributed by atoms with E-state index in [9.17, 15) is 17.6 Å². The number of nitrogens with two attached hydrogens (primary N) is 1. The van der Waals surface area contributed by atoms with Crippen molar-refractivity contribution >= 4 is 39.3 Å². The molecule has 0 aliphatic carbocycles. The maximum absolute atomic E-state index is 14.6. The van der Waals surface area contributed by atoms with Crippen LogP contribution in [0.5, 0.6) is 11.5 Å². The molecule has 2 N–H and O–H groups in total. The molecule has 0 saturated heterocycles. The summed E-state index contributed by atoms with van der Waals surface area (Å²) in [6.07, 6.45) is -5.02. The number of nitrogens with zero attached hydrogens (tertiary/aromatic N) is 2. The van der Waals surface area contributed by atoms with Gasteiger partial charge in [0.25, 0.3) is 0 Å². The van der Waals surface area contributed by atoms with E-state index in [2.05, 4.69) is 14.7 Å². The number of ether oxygens (including phenoxy) is 2. The smallest absolute Gasteiger partial charge is 0.490 e. The Morgan fingerprint density at radius 2 is 1.67 bits per heavy atom. The first-order valence-electron chi connectivity index (χ1n) is 6.65. The molecule has 132 valence electrons. The number of fused-ring (bicyclic) bond motifs is 1. The third kappa shape index (κ3) is 3.42. The Hall–Kier alpha value is -1.59. The summed E-state index contributed by atoms with van der Waals surface area (Å²) in [4.78, 5) is 8.25. The Kier molecular flexibility index (Phi) is 4.72. The quantitative estimate of drug-likeness (QED) is 0.540. The zero-order chi connectivity index (χ0) is 18.4. The highest BCUT2D eigenvalue weighted by Gasteiger charge is 2.36. The minimum Gasteiger partial charge on any atom is -0.490 e. The van der Waals surface area contributed by atoms with Gasteiger partial charge in [-0.25, -0.2) is 14.4 Å². The summed E-state index contributed by atoms with van der Waals surface area (Å²) in [5, 5.41) is -0.209. The molecule has 2 aromatic rings. The fourth-order valence-corrected chi connectivity index (χ4v) is 2.74. The van der Waals surface area contributed by atoms with Gasteiger partial charge in [0.05, 0.1) is 21.6 Å². The summed E-state index contributed by atoms with van der Waals surface area (Å²) in [6, 6.07) is 0. The average molecular weight is 459 g/mol. The number of halogens is 5. The molecule has 0 bridgehead atoms. The Morgan fingerprint density at radius 3 is 2.12 bits per heavy atom. The van der Waals surface area contributed by atoms with Crippen LogP contribution in [0.15, 0.2) is 0 Å². The Labute approximate surface area is 148 Å². The van der Waals surface area contributed by atoms with Crippen molar-refractivity contribution in [3.63, 3.8) is 0 Å². The van der Waals surface area contributed by atoms with Gasteiger partial charge in [-0.05, 0) is 22.6 Å². The normalized spacial score (nSPS) is 12.5. The molecule has 0 radical (unpaired) electrons. The summed E-state index contributed by atoms with van der Waals surface area (Å²) in [5.41, 5.74) is 5.21. The van der Waals surface area contributed by atoms with Gasteiger partial charge in [-0.3, -0.25) is 0 Å². The number of nitrogen functional groups attached to an aromatic ring is 1. The van der Waals surface area contributed by atoms with Gasteiger partial charge in [-0.1, -0.05) is 20.8 Å². The van der Waals surface area contributed by atoms with Crippen molar-refractivity contribution in [3.05, 3.63) is 15.2 Å². The lowest BCUT2D eigenvalue weighted by atomic mass is 9.95. The van der Waals surface area contributed by atoms with Crippen molar-refractivity contribution in [1.29, 1.82) is 0 Å². The summed E-state index contributed by atoms with van der Waals surface area (Å²) in [5.74, 6) is -2.52. The first-order chi connectivity index (χ1) is 10.9. The van der Waals surface area contributed by atoms with Gasteiger partial charge >= 0.3 is 6.36 Å². The maximum Gasteiger partial charge on any atom is 0.573 e. The molecular formula is C14H14F4IN3O2. The van der Waals surface area contributed by atoms with E-state index in [1.807, 2.05) is 0 Å². The number of hydrogen-bond donors (Lipinski definition) is 1. The molecule has 0 fully saturated rings. The molecular weight excluding hydrogens is 445 g/mol. The molecule has 0 saturated carbocycles. The van der Waals surface area contributed by atoms with Crippen LogP contribution in [-0.2, 0) is 5.41 Å². The molecule has 0 aliphatic rings. The zero-order valence-electron chi connectivity index (χ0n) is 13.2.